The first-order valence-electron chi connectivity index (χ1n) is 20.6. The third-order valence-electron chi connectivity index (χ3n) is 9.64. The largest absolute Gasteiger partial charge is 0.396 e. The van der Waals surface area contributed by atoms with Crippen molar-refractivity contribution in [1.82, 2.24) is 10.6 Å². The summed E-state index contributed by atoms with van der Waals surface area (Å²) in [6.45, 7) is 3.19. The van der Waals surface area contributed by atoms with E-state index in [0.717, 1.165) is 57.9 Å². The van der Waals surface area contributed by atoms with E-state index >= 15 is 0 Å². The van der Waals surface area contributed by atoms with Crippen LogP contribution in [-0.2, 0) is 9.59 Å². The molecule has 0 aliphatic carbocycles. The lowest BCUT2D eigenvalue weighted by Gasteiger charge is -2.21. The van der Waals surface area contributed by atoms with E-state index in [2.05, 4.69) is 17.6 Å². The maximum absolute atomic E-state index is 12.1. The zero-order chi connectivity index (χ0) is 35.3. The SMILES string of the molecule is CCCCCCCCCCCCCCCCCCCCCCNC(=O)CCCCCCCCCCCNC(=O)[C@H](O)[C@@H](O)[C@H](O)CCO. The van der Waals surface area contributed by atoms with Crippen LogP contribution >= 0.6 is 0 Å². The molecule has 0 saturated heterocycles. The van der Waals surface area contributed by atoms with E-state index < -0.39 is 24.2 Å². The summed E-state index contributed by atoms with van der Waals surface area (Å²) in [6.07, 6.45) is 33.1. The van der Waals surface area contributed by atoms with Crippen molar-refractivity contribution in [2.24, 2.45) is 0 Å². The summed E-state index contributed by atoms with van der Waals surface area (Å²) in [7, 11) is 0. The van der Waals surface area contributed by atoms with Crippen molar-refractivity contribution in [1.29, 1.82) is 0 Å². The van der Waals surface area contributed by atoms with Crippen LogP contribution in [0.1, 0.15) is 206 Å². The molecule has 0 saturated carbocycles. The van der Waals surface area contributed by atoms with Gasteiger partial charge in [-0.05, 0) is 25.7 Å². The average Bonchev–Trinajstić information content (AvgIpc) is 3.08. The molecule has 48 heavy (non-hydrogen) atoms. The Morgan fingerprint density at radius 2 is 0.812 bits per heavy atom. The van der Waals surface area contributed by atoms with Crippen LogP contribution < -0.4 is 10.6 Å². The molecule has 6 N–H and O–H groups in total. The van der Waals surface area contributed by atoms with Gasteiger partial charge in [0, 0.05) is 26.1 Å². The standard InChI is InChI=1S/C40H80N2O6/c1-2-3-4-5-6-7-8-9-10-11-12-13-14-15-16-17-20-23-26-29-33-41-37(45)31-28-25-22-19-18-21-24-27-30-34-42-40(48)39(47)38(46)36(44)32-35-43/h36,38-39,43-44,46-47H,2-35H2,1H3,(H,41,45)(H,42,48)/t36-,38+,39-/m1/s1. The molecule has 2 amide bonds. The van der Waals surface area contributed by atoms with Gasteiger partial charge in [-0.2, -0.15) is 0 Å². The van der Waals surface area contributed by atoms with Crippen LogP contribution in [0.5, 0.6) is 0 Å². The maximum atomic E-state index is 12.1. The number of nitrogens with one attached hydrogen (secondary N) is 2. The Morgan fingerprint density at radius 1 is 0.479 bits per heavy atom. The van der Waals surface area contributed by atoms with Gasteiger partial charge >= 0.3 is 0 Å². The molecule has 0 aliphatic heterocycles. The normalized spacial score (nSPS) is 13.4. The first-order chi connectivity index (χ1) is 23.4. The number of aliphatic hydroxyl groups excluding tert-OH is 4. The fourth-order valence-electron chi connectivity index (χ4n) is 6.33. The predicted octanol–water partition coefficient (Wildman–Crippen LogP) is 8.41. The minimum absolute atomic E-state index is 0.0967. The molecular weight excluding hydrogens is 604 g/mol. The van der Waals surface area contributed by atoms with Crippen LogP contribution in [0.25, 0.3) is 0 Å². The fourth-order valence-corrected chi connectivity index (χ4v) is 6.33. The van der Waals surface area contributed by atoms with Crippen molar-refractivity contribution >= 4 is 11.8 Å². The van der Waals surface area contributed by atoms with Crippen LogP contribution in [0.4, 0.5) is 0 Å². The zero-order valence-corrected chi connectivity index (χ0v) is 31.4. The van der Waals surface area contributed by atoms with Gasteiger partial charge in [0.15, 0.2) is 6.10 Å². The van der Waals surface area contributed by atoms with Gasteiger partial charge in [-0.15, -0.1) is 0 Å². The lowest BCUT2D eigenvalue weighted by atomic mass is 10.0. The van der Waals surface area contributed by atoms with Gasteiger partial charge in [0.1, 0.15) is 6.10 Å². The summed E-state index contributed by atoms with van der Waals surface area (Å²) in [5.41, 5.74) is 0. The van der Waals surface area contributed by atoms with Crippen LogP contribution in [-0.4, -0.2) is 70.2 Å². The van der Waals surface area contributed by atoms with Gasteiger partial charge in [0.2, 0.25) is 5.91 Å². The molecule has 0 unspecified atom stereocenters. The second kappa shape index (κ2) is 37.0. The van der Waals surface area contributed by atoms with Crippen molar-refractivity contribution in [2.75, 3.05) is 19.7 Å². The maximum Gasteiger partial charge on any atom is 0.251 e. The van der Waals surface area contributed by atoms with Gasteiger partial charge in [-0.3, -0.25) is 9.59 Å². The minimum Gasteiger partial charge on any atom is -0.396 e. The van der Waals surface area contributed by atoms with Crippen LogP contribution in [0, 0.1) is 0 Å². The van der Waals surface area contributed by atoms with E-state index in [1.165, 1.54) is 135 Å². The molecule has 286 valence electrons. The van der Waals surface area contributed by atoms with E-state index in [1.54, 1.807) is 0 Å². The van der Waals surface area contributed by atoms with Gasteiger partial charge in [-0.1, -0.05) is 174 Å². The molecule has 0 aromatic carbocycles. The highest BCUT2D eigenvalue weighted by molar-refractivity contribution is 5.81. The summed E-state index contributed by atoms with van der Waals surface area (Å²) < 4.78 is 0. The molecule has 0 spiro atoms. The predicted molar refractivity (Wildman–Crippen MR) is 200 cm³/mol. The highest BCUT2D eigenvalue weighted by Crippen LogP contribution is 2.15. The number of carbonyl (C=O) groups is 2. The molecule has 8 heteroatoms. The van der Waals surface area contributed by atoms with Gasteiger partial charge in [0.25, 0.3) is 5.91 Å². The smallest absolute Gasteiger partial charge is 0.251 e. The molecule has 0 aliphatic rings. The zero-order valence-electron chi connectivity index (χ0n) is 31.4. The lowest BCUT2D eigenvalue weighted by Crippen LogP contribution is -2.47. The second-order valence-corrected chi connectivity index (χ2v) is 14.3. The summed E-state index contributed by atoms with van der Waals surface area (Å²) >= 11 is 0. The molecule has 3 atom stereocenters. The first-order valence-corrected chi connectivity index (χ1v) is 20.6. The van der Waals surface area contributed by atoms with Crippen molar-refractivity contribution < 1.29 is 30.0 Å². The summed E-state index contributed by atoms with van der Waals surface area (Å²) in [5, 5.41) is 43.6. The molecule has 0 rings (SSSR count). The highest BCUT2D eigenvalue weighted by Gasteiger charge is 2.29. The van der Waals surface area contributed by atoms with E-state index in [9.17, 15) is 24.9 Å². The quantitative estimate of drug-likeness (QED) is 0.0361. The first kappa shape index (κ1) is 46.8. The molecule has 0 aromatic rings. The van der Waals surface area contributed by atoms with Crippen molar-refractivity contribution in [3.05, 3.63) is 0 Å². The van der Waals surface area contributed by atoms with E-state index in [1.807, 2.05) is 0 Å². The third kappa shape index (κ3) is 32.0. The van der Waals surface area contributed by atoms with Gasteiger partial charge < -0.3 is 31.1 Å². The Morgan fingerprint density at radius 3 is 1.19 bits per heavy atom. The molecule has 0 fully saturated rings. The lowest BCUT2D eigenvalue weighted by molar-refractivity contribution is -0.141. The third-order valence-corrected chi connectivity index (χ3v) is 9.64. The number of carbonyl (C=O) groups excluding carboxylic acids is 2. The van der Waals surface area contributed by atoms with Crippen LogP contribution in [0.15, 0.2) is 0 Å². The Labute approximate surface area is 296 Å². The van der Waals surface area contributed by atoms with Crippen LogP contribution in [0.3, 0.4) is 0 Å². The monoisotopic (exact) mass is 685 g/mol. The van der Waals surface area contributed by atoms with Gasteiger partial charge in [-0.25, -0.2) is 0 Å². The van der Waals surface area contributed by atoms with Gasteiger partial charge in [0.05, 0.1) is 6.10 Å². The molecular formula is C40H80N2O6. The number of unbranched alkanes of at least 4 members (excludes halogenated alkanes) is 27. The Hall–Kier alpha value is -1.22. The van der Waals surface area contributed by atoms with E-state index in [4.69, 9.17) is 5.11 Å². The Balaban J connectivity index is 3.30. The van der Waals surface area contributed by atoms with Crippen molar-refractivity contribution in [3.8, 4) is 0 Å². The number of hydrogen-bond acceptors (Lipinski definition) is 6. The number of rotatable bonds is 38. The number of amides is 2. The summed E-state index contributed by atoms with van der Waals surface area (Å²) in [5.74, 6) is -0.507. The van der Waals surface area contributed by atoms with E-state index in [-0.39, 0.29) is 18.9 Å². The highest BCUT2D eigenvalue weighted by atomic mass is 16.4. The molecule has 8 nitrogen and oxygen atoms in total. The number of hydrogen-bond donors (Lipinski definition) is 6. The number of aliphatic hydroxyl groups is 4. The Bertz CT molecular complexity index is 695. The van der Waals surface area contributed by atoms with Crippen LogP contribution in [0.2, 0.25) is 0 Å². The topological polar surface area (TPSA) is 139 Å². The fraction of sp³-hybridized carbons (Fsp3) is 0.950. The average molecular weight is 685 g/mol. The summed E-state index contributed by atoms with van der Waals surface area (Å²) in [4.78, 5) is 24.0. The van der Waals surface area contributed by atoms with E-state index in [0.29, 0.717) is 13.0 Å². The molecule has 0 bridgehead atoms. The minimum atomic E-state index is -1.70. The molecule has 0 aromatic heterocycles. The van der Waals surface area contributed by atoms with Crippen molar-refractivity contribution in [2.45, 2.75) is 224 Å². The molecule has 0 heterocycles. The van der Waals surface area contributed by atoms with Crippen molar-refractivity contribution in [3.63, 3.8) is 0 Å². The second-order valence-electron chi connectivity index (χ2n) is 14.3. The Kier molecular flexibility index (Phi) is 36.1. The molecule has 0 radical (unpaired) electrons. The summed E-state index contributed by atoms with van der Waals surface area (Å²) in [6, 6.07) is 0.